The van der Waals surface area contributed by atoms with E-state index in [2.05, 4.69) is 34.4 Å². The second-order valence-corrected chi connectivity index (χ2v) is 10.6. The van der Waals surface area contributed by atoms with Gasteiger partial charge in [0, 0.05) is 17.5 Å². The highest BCUT2D eigenvalue weighted by molar-refractivity contribution is 7.80. The number of fused-ring (bicyclic) bond motifs is 4. The van der Waals surface area contributed by atoms with Crippen LogP contribution >= 0.6 is 12.2 Å². The highest BCUT2D eigenvalue weighted by Gasteiger charge is 2.43. The molecule has 0 unspecified atom stereocenters. The van der Waals surface area contributed by atoms with Gasteiger partial charge in [0.05, 0.1) is 16.9 Å². The highest BCUT2D eigenvalue weighted by atomic mass is 32.1. The van der Waals surface area contributed by atoms with E-state index in [9.17, 15) is 4.79 Å². The van der Waals surface area contributed by atoms with Crippen LogP contribution < -0.4 is 21.7 Å². The van der Waals surface area contributed by atoms with Gasteiger partial charge in [-0.2, -0.15) is 0 Å². The predicted molar refractivity (Wildman–Crippen MR) is 156 cm³/mol. The third kappa shape index (κ3) is 4.58. The Morgan fingerprint density at radius 2 is 1.58 bits per heavy atom. The summed E-state index contributed by atoms with van der Waals surface area (Å²) in [7, 11) is 0. The van der Waals surface area contributed by atoms with Gasteiger partial charge in [-0.05, 0) is 54.7 Å². The van der Waals surface area contributed by atoms with Crippen molar-refractivity contribution in [2.24, 2.45) is 0 Å². The average molecular weight is 522 g/mol. The molecule has 0 aliphatic heterocycles. The molecule has 6 nitrogen and oxygen atoms in total. The van der Waals surface area contributed by atoms with Gasteiger partial charge in [-0.25, -0.2) is 9.55 Å². The van der Waals surface area contributed by atoms with Gasteiger partial charge in [-0.15, -0.1) is 0 Å². The molecule has 1 spiro atoms. The molecule has 4 aromatic rings. The molecular weight excluding hydrogens is 490 g/mol. The van der Waals surface area contributed by atoms with Gasteiger partial charge >= 0.3 is 0 Å². The molecule has 38 heavy (non-hydrogen) atoms. The number of para-hydroxylation sites is 1. The molecule has 2 aliphatic rings. The Labute approximate surface area is 228 Å². The minimum absolute atomic E-state index is 0.00920. The summed E-state index contributed by atoms with van der Waals surface area (Å²) in [5.74, 6) is 0.409. The summed E-state index contributed by atoms with van der Waals surface area (Å²) in [6, 6.07) is 28.2. The Morgan fingerprint density at radius 3 is 2.34 bits per heavy atom. The Bertz CT molecular complexity index is 1510. The minimum atomic E-state index is -0.180. The zero-order valence-electron chi connectivity index (χ0n) is 21.2. The number of hydrogen-bond donors (Lipinski definition) is 3. The zero-order valence-corrected chi connectivity index (χ0v) is 22.1. The quantitative estimate of drug-likeness (QED) is 0.233. The van der Waals surface area contributed by atoms with Crippen molar-refractivity contribution in [1.82, 2.24) is 20.3 Å². The maximum Gasteiger partial charge on any atom is 0.263 e. The number of nitrogens with one attached hydrogen (secondary N) is 3. The Hall–Kier alpha value is -3.97. The van der Waals surface area contributed by atoms with Gasteiger partial charge in [-0.3, -0.25) is 15.6 Å². The number of aromatic nitrogens is 2. The maximum atomic E-state index is 14.5. The van der Waals surface area contributed by atoms with E-state index >= 15 is 0 Å². The molecule has 0 atom stereocenters. The van der Waals surface area contributed by atoms with Crippen molar-refractivity contribution < 1.29 is 0 Å². The lowest BCUT2D eigenvalue weighted by Crippen LogP contribution is -2.44. The summed E-state index contributed by atoms with van der Waals surface area (Å²) in [6.45, 7) is 0.591. The zero-order chi connectivity index (χ0) is 26.0. The van der Waals surface area contributed by atoms with Gasteiger partial charge in [0.2, 0.25) is 5.95 Å². The summed E-state index contributed by atoms with van der Waals surface area (Å²) < 4.78 is 1.69. The SMILES string of the molecule is O=c1c2c(nc(NNC(=S)NCc3ccccc3)n1-c1ccccc1)-c1ccccc1CC21CCCCC1. The highest BCUT2D eigenvalue weighted by Crippen LogP contribution is 2.48. The standard InChI is InChI=1S/C31H31N5OS/c37-28-26-27(25-17-9-8-14-23(25)20-31(26)18-10-3-11-19-31)33-29(36(28)24-15-6-2-7-16-24)34-35-30(38)32-21-22-12-4-1-5-13-22/h1-2,4-9,12-17H,3,10-11,18-21H2,(H,33,34)(H2,32,35,38). The van der Waals surface area contributed by atoms with Gasteiger partial charge in [0.25, 0.3) is 5.56 Å². The lowest BCUT2D eigenvalue weighted by atomic mass is 9.62. The molecule has 1 heterocycles. The van der Waals surface area contributed by atoms with Crippen LogP contribution in [-0.2, 0) is 18.4 Å². The predicted octanol–water partition coefficient (Wildman–Crippen LogP) is 5.65. The van der Waals surface area contributed by atoms with Crippen molar-refractivity contribution in [3.8, 4) is 16.9 Å². The molecule has 3 aromatic carbocycles. The monoisotopic (exact) mass is 521 g/mol. The van der Waals surface area contributed by atoms with E-state index < -0.39 is 0 Å². The molecular formula is C31H31N5OS. The lowest BCUT2D eigenvalue weighted by Gasteiger charge is -2.42. The van der Waals surface area contributed by atoms with Crippen molar-refractivity contribution >= 4 is 23.3 Å². The van der Waals surface area contributed by atoms with E-state index in [1.54, 1.807) is 4.57 Å². The summed E-state index contributed by atoms with van der Waals surface area (Å²) in [6.07, 6.45) is 6.40. The number of nitrogens with zero attached hydrogens (tertiary/aromatic N) is 2. The second kappa shape index (κ2) is 10.4. The van der Waals surface area contributed by atoms with Crippen molar-refractivity contribution in [2.75, 3.05) is 5.43 Å². The van der Waals surface area contributed by atoms with Gasteiger partial charge in [-0.1, -0.05) is 92.1 Å². The van der Waals surface area contributed by atoms with E-state index in [0.717, 1.165) is 60.2 Å². The third-order valence-electron chi connectivity index (χ3n) is 7.82. The molecule has 0 bridgehead atoms. The normalized spacial score (nSPS) is 15.3. The van der Waals surface area contributed by atoms with Crippen molar-refractivity contribution in [3.63, 3.8) is 0 Å². The number of benzene rings is 3. The fourth-order valence-corrected chi connectivity index (χ4v) is 6.17. The summed E-state index contributed by atoms with van der Waals surface area (Å²) >= 11 is 5.53. The van der Waals surface area contributed by atoms with E-state index in [0.29, 0.717) is 17.6 Å². The second-order valence-electron chi connectivity index (χ2n) is 10.2. The molecule has 3 N–H and O–H groups in total. The summed E-state index contributed by atoms with van der Waals surface area (Å²) in [5.41, 5.74) is 11.9. The molecule has 6 rings (SSSR count). The summed E-state index contributed by atoms with van der Waals surface area (Å²) in [5, 5.41) is 3.63. The Balaban J connectivity index is 1.42. The van der Waals surface area contributed by atoms with Crippen LogP contribution in [-0.4, -0.2) is 14.7 Å². The van der Waals surface area contributed by atoms with Crippen LogP contribution in [0.5, 0.6) is 0 Å². The largest absolute Gasteiger partial charge is 0.357 e. The maximum absolute atomic E-state index is 14.5. The Morgan fingerprint density at radius 1 is 0.895 bits per heavy atom. The van der Waals surface area contributed by atoms with Crippen LogP contribution in [0.1, 0.15) is 48.8 Å². The van der Waals surface area contributed by atoms with Crippen molar-refractivity contribution in [2.45, 2.75) is 50.5 Å². The fourth-order valence-electron chi connectivity index (χ4n) is 6.04. The van der Waals surface area contributed by atoms with Gasteiger partial charge in [0.1, 0.15) is 0 Å². The lowest BCUT2D eigenvalue weighted by molar-refractivity contribution is 0.284. The number of hydrogen-bond acceptors (Lipinski definition) is 4. The number of hydrazine groups is 1. The van der Waals surface area contributed by atoms with Crippen LogP contribution in [0.4, 0.5) is 5.95 Å². The number of rotatable bonds is 5. The average Bonchev–Trinajstić information content (AvgIpc) is 2.96. The molecule has 0 amide bonds. The van der Waals surface area contributed by atoms with Gasteiger partial charge < -0.3 is 5.32 Å². The first-order chi connectivity index (χ1) is 18.6. The number of thiocarbonyl (C=S) groups is 1. The Kier molecular flexibility index (Phi) is 6.68. The van der Waals surface area contributed by atoms with Crippen LogP contribution in [0.2, 0.25) is 0 Å². The smallest absolute Gasteiger partial charge is 0.263 e. The number of anilines is 1. The molecule has 1 fully saturated rings. The first-order valence-corrected chi connectivity index (χ1v) is 13.7. The van der Waals surface area contributed by atoms with Crippen LogP contribution in [0.25, 0.3) is 16.9 Å². The molecule has 0 radical (unpaired) electrons. The summed E-state index contributed by atoms with van der Waals surface area (Å²) in [4.78, 5) is 19.6. The molecule has 1 aromatic heterocycles. The van der Waals surface area contributed by atoms with E-state index in [1.165, 1.54) is 12.0 Å². The van der Waals surface area contributed by atoms with E-state index in [1.807, 2.05) is 66.7 Å². The third-order valence-corrected chi connectivity index (χ3v) is 8.07. The molecule has 7 heteroatoms. The van der Waals surface area contributed by atoms with Gasteiger partial charge in [0.15, 0.2) is 5.11 Å². The van der Waals surface area contributed by atoms with Crippen molar-refractivity contribution in [3.05, 3.63) is 112 Å². The van der Waals surface area contributed by atoms with Crippen LogP contribution in [0.15, 0.2) is 89.7 Å². The van der Waals surface area contributed by atoms with E-state index in [4.69, 9.17) is 17.2 Å². The topological polar surface area (TPSA) is 71.0 Å². The molecule has 2 aliphatic carbocycles. The van der Waals surface area contributed by atoms with E-state index in [-0.39, 0.29) is 11.0 Å². The molecule has 192 valence electrons. The van der Waals surface area contributed by atoms with Crippen molar-refractivity contribution in [1.29, 1.82) is 0 Å². The first kappa shape index (κ1) is 24.4. The van der Waals surface area contributed by atoms with Crippen LogP contribution in [0, 0.1) is 0 Å². The van der Waals surface area contributed by atoms with Crippen LogP contribution in [0.3, 0.4) is 0 Å². The molecule has 0 saturated heterocycles. The molecule has 1 saturated carbocycles. The first-order valence-electron chi connectivity index (χ1n) is 13.3. The minimum Gasteiger partial charge on any atom is -0.357 e. The fraction of sp³-hybridized carbons (Fsp3) is 0.258.